The Morgan fingerprint density at radius 3 is 2.81 bits per heavy atom. The minimum absolute atomic E-state index is 0.180. The Bertz CT molecular complexity index is 559. The Hall–Kier alpha value is -2.57. The van der Waals surface area contributed by atoms with Gasteiger partial charge in [-0.3, -0.25) is 9.59 Å². The molecule has 1 aromatic rings. The number of urea groups is 1. The molecule has 1 aromatic carbocycles. The normalized spacial score (nSPS) is 17.7. The third-order valence-electron chi connectivity index (χ3n) is 3.20. The van der Waals surface area contributed by atoms with Crippen molar-refractivity contribution in [1.29, 1.82) is 0 Å². The Labute approximate surface area is 121 Å². The molecule has 4 N–H and O–H groups in total. The van der Waals surface area contributed by atoms with Crippen LogP contribution in [0.3, 0.4) is 0 Å². The number of carboxylic acid groups (broad SMARTS) is 1. The number of para-hydroxylation sites is 1. The van der Waals surface area contributed by atoms with Crippen molar-refractivity contribution in [2.45, 2.75) is 25.3 Å². The smallest absolute Gasteiger partial charge is 0.319 e. The van der Waals surface area contributed by atoms with Crippen LogP contribution in [0.1, 0.15) is 18.4 Å². The molecule has 7 nitrogen and oxygen atoms in total. The molecule has 112 valence electrons. The van der Waals surface area contributed by atoms with Crippen molar-refractivity contribution < 1.29 is 19.5 Å². The number of hydrogen-bond acceptors (Lipinski definition) is 3. The number of aliphatic carboxylic acids is 1. The summed E-state index contributed by atoms with van der Waals surface area (Å²) < 4.78 is 0. The zero-order chi connectivity index (χ0) is 15.2. The molecule has 0 aromatic heterocycles. The van der Waals surface area contributed by atoms with Crippen LogP contribution in [0.15, 0.2) is 24.3 Å². The van der Waals surface area contributed by atoms with Gasteiger partial charge in [-0.15, -0.1) is 0 Å². The summed E-state index contributed by atoms with van der Waals surface area (Å²) in [5, 5.41) is 16.7. The summed E-state index contributed by atoms with van der Waals surface area (Å²) in [7, 11) is 0. The lowest BCUT2D eigenvalue weighted by atomic mass is 10.1. The van der Waals surface area contributed by atoms with Gasteiger partial charge in [0.05, 0.1) is 6.42 Å². The molecule has 1 saturated heterocycles. The molecule has 2 rings (SSSR count). The minimum atomic E-state index is -0.976. The van der Waals surface area contributed by atoms with Gasteiger partial charge in [0, 0.05) is 12.2 Å². The van der Waals surface area contributed by atoms with Gasteiger partial charge in [0.2, 0.25) is 5.91 Å². The van der Waals surface area contributed by atoms with Crippen LogP contribution in [0.4, 0.5) is 10.5 Å². The molecule has 1 atom stereocenters. The second-order valence-electron chi connectivity index (χ2n) is 4.81. The van der Waals surface area contributed by atoms with Crippen LogP contribution in [-0.4, -0.2) is 35.6 Å². The van der Waals surface area contributed by atoms with Crippen molar-refractivity contribution >= 4 is 23.6 Å². The topological polar surface area (TPSA) is 108 Å². The number of rotatable bonds is 4. The summed E-state index contributed by atoms with van der Waals surface area (Å²) in [6, 6.07) is 5.60. The van der Waals surface area contributed by atoms with Crippen molar-refractivity contribution in [2.24, 2.45) is 0 Å². The highest BCUT2D eigenvalue weighted by Crippen LogP contribution is 2.15. The van der Waals surface area contributed by atoms with Crippen molar-refractivity contribution in [3.63, 3.8) is 0 Å². The maximum absolute atomic E-state index is 11.9. The van der Waals surface area contributed by atoms with Gasteiger partial charge in [-0.1, -0.05) is 18.2 Å². The van der Waals surface area contributed by atoms with Gasteiger partial charge < -0.3 is 21.1 Å². The largest absolute Gasteiger partial charge is 0.481 e. The van der Waals surface area contributed by atoms with Crippen LogP contribution in [-0.2, 0) is 16.0 Å². The Morgan fingerprint density at radius 2 is 2.10 bits per heavy atom. The third-order valence-corrected chi connectivity index (χ3v) is 3.20. The first-order chi connectivity index (χ1) is 10.1. The molecule has 0 aliphatic carbocycles. The number of nitrogens with one attached hydrogen (secondary N) is 3. The highest BCUT2D eigenvalue weighted by Gasteiger charge is 2.23. The summed E-state index contributed by atoms with van der Waals surface area (Å²) >= 11 is 0. The molecule has 0 spiro atoms. The monoisotopic (exact) mass is 291 g/mol. The summed E-state index contributed by atoms with van der Waals surface area (Å²) in [4.78, 5) is 34.3. The fraction of sp³-hybridized carbons (Fsp3) is 0.357. The number of hydrogen-bond donors (Lipinski definition) is 4. The lowest BCUT2D eigenvalue weighted by molar-refractivity contribution is -0.136. The van der Waals surface area contributed by atoms with E-state index in [2.05, 4.69) is 16.0 Å². The first kappa shape index (κ1) is 14.8. The third kappa shape index (κ3) is 4.20. The lowest BCUT2D eigenvalue weighted by Crippen LogP contribution is -2.51. The van der Waals surface area contributed by atoms with E-state index in [1.807, 2.05) is 0 Å². The van der Waals surface area contributed by atoms with E-state index in [0.717, 1.165) is 6.42 Å². The molecule has 1 unspecified atom stereocenters. The van der Waals surface area contributed by atoms with Crippen LogP contribution in [0.5, 0.6) is 0 Å². The highest BCUT2D eigenvalue weighted by molar-refractivity contribution is 5.94. The maximum Gasteiger partial charge on any atom is 0.319 e. The maximum atomic E-state index is 11.9. The van der Waals surface area contributed by atoms with Crippen molar-refractivity contribution in [3.8, 4) is 0 Å². The minimum Gasteiger partial charge on any atom is -0.481 e. The van der Waals surface area contributed by atoms with Gasteiger partial charge in [0.25, 0.3) is 0 Å². The van der Waals surface area contributed by atoms with Gasteiger partial charge in [0.1, 0.15) is 6.04 Å². The van der Waals surface area contributed by atoms with Gasteiger partial charge >= 0.3 is 12.0 Å². The van der Waals surface area contributed by atoms with E-state index in [9.17, 15) is 14.4 Å². The number of carboxylic acids is 1. The number of anilines is 1. The number of piperidine rings is 1. The summed E-state index contributed by atoms with van der Waals surface area (Å²) in [5.41, 5.74) is 0.932. The number of benzene rings is 1. The van der Waals surface area contributed by atoms with Crippen LogP contribution in [0.2, 0.25) is 0 Å². The Morgan fingerprint density at radius 1 is 1.33 bits per heavy atom. The molecule has 1 aliphatic rings. The van der Waals surface area contributed by atoms with E-state index in [-0.39, 0.29) is 12.3 Å². The standard InChI is InChI=1S/C14H17N3O4/c18-12(19)8-9-4-1-2-5-10(9)16-14(21)17-11-6-3-7-15-13(11)20/h1-2,4-5,11H,3,6-8H2,(H,15,20)(H,18,19)(H2,16,17,21). The van der Waals surface area contributed by atoms with Gasteiger partial charge in [-0.05, 0) is 24.5 Å². The summed E-state index contributed by atoms with van der Waals surface area (Å²) in [5.74, 6) is -1.17. The average molecular weight is 291 g/mol. The summed E-state index contributed by atoms with van der Waals surface area (Å²) in [6.07, 6.45) is 1.22. The van der Waals surface area contributed by atoms with Crippen LogP contribution >= 0.6 is 0 Å². The first-order valence-corrected chi connectivity index (χ1v) is 6.71. The highest BCUT2D eigenvalue weighted by atomic mass is 16.4. The number of carbonyl (C=O) groups is 3. The molecule has 0 saturated carbocycles. The molecule has 21 heavy (non-hydrogen) atoms. The van der Waals surface area contributed by atoms with Crippen molar-refractivity contribution in [1.82, 2.24) is 10.6 Å². The average Bonchev–Trinajstić information content (AvgIpc) is 2.43. The molecule has 3 amide bonds. The predicted octanol–water partition coefficient (Wildman–Crippen LogP) is 0.714. The Balaban J connectivity index is 1.99. The molecule has 1 fully saturated rings. The van der Waals surface area contributed by atoms with Gasteiger partial charge in [-0.25, -0.2) is 4.79 Å². The number of amides is 3. The van der Waals surface area contributed by atoms with E-state index in [1.165, 1.54) is 0 Å². The Kier molecular flexibility index (Phi) is 4.76. The second kappa shape index (κ2) is 6.74. The van der Waals surface area contributed by atoms with E-state index in [4.69, 9.17) is 5.11 Å². The van der Waals surface area contributed by atoms with Gasteiger partial charge in [-0.2, -0.15) is 0 Å². The molecule has 7 heteroatoms. The molecular weight excluding hydrogens is 274 g/mol. The molecule has 1 heterocycles. The lowest BCUT2D eigenvalue weighted by Gasteiger charge is -2.23. The van der Waals surface area contributed by atoms with Crippen LogP contribution in [0, 0.1) is 0 Å². The van der Waals surface area contributed by atoms with Crippen molar-refractivity contribution in [2.75, 3.05) is 11.9 Å². The quantitative estimate of drug-likeness (QED) is 0.655. The first-order valence-electron chi connectivity index (χ1n) is 6.71. The van der Waals surface area contributed by atoms with E-state index in [1.54, 1.807) is 24.3 Å². The molecule has 0 bridgehead atoms. The SMILES string of the molecule is O=C(O)Cc1ccccc1NC(=O)NC1CCCNC1=O. The fourth-order valence-corrected chi connectivity index (χ4v) is 2.19. The second-order valence-corrected chi connectivity index (χ2v) is 4.81. The molecular formula is C14H17N3O4. The van der Waals surface area contributed by atoms with E-state index >= 15 is 0 Å². The van der Waals surface area contributed by atoms with E-state index in [0.29, 0.717) is 24.2 Å². The van der Waals surface area contributed by atoms with Crippen LogP contribution in [0.25, 0.3) is 0 Å². The van der Waals surface area contributed by atoms with E-state index < -0.39 is 18.0 Å². The van der Waals surface area contributed by atoms with Crippen molar-refractivity contribution in [3.05, 3.63) is 29.8 Å². The number of carbonyl (C=O) groups excluding carboxylic acids is 2. The van der Waals surface area contributed by atoms with Crippen LogP contribution < -0.4 is 16.0 Å². The zero-order valence-electron chi connectivity index (χ0n) is 11.4. The van der Waals surface area contributed by atoms with Gasteiger partial charge in [0.15, 0.2) is 0 Å². The molecule has 1 aliphatic heterocycles. The zero-order valence-corrected chi connectivity index (χ0v) is 11.4. The summed E-state index contributed by atoms with van der Waals surface area (Å²) in [6.45, 7) is 0.625. The predicted molar refractivity (Wildman–Crippen MR) is 76.0 cm³/mol. The molecule has 0 radical (unpaired) electrons. The fourth-order valence-electron chi connectivity index (χ4n) is 2.19.